The van der Waals surface area contributed by atoms with Crippen molar-refractivity contribution in [3.05, 3.63) is 47.3 Å². The summed E-state index contributed by atoms with van der Waals surface area (Å²) in [6.45, 7) is 4.73. The number of pyridine rings is 1. The topological polar surface area (TPSA) is 43.3 Å². The van der Waals surface area contributed by atoms with Crippen molar-refractivity contribution in [1.29, 1.82) is 0 Å². The zero-order valence-electron chi connectivity index (χ0n) is 10.1. The van der Waals surface area contributed by atoms with Crippen LogP contribution in [0.15, 0.2) is 30.5 Å². The van der Waals surface area contributed by atoms with E-state index in [9.17, 15) is 0 Å². The second-order valence-corrected chi connectivity index (χ2v) is 4.46. The van der Waals surface area contributed by atoms with E-state index in [1.165, 1.54) is 22.0 Å². The molecular weight excluding hydrogens is 210 g/mol. The maximum Gasteiger partial charge on any atom is 0.137 e. The Kier molecular flexibility index (Phi) is 2.16. The number of imidazole rings is 1. The van der Waals surface area contributed by atoms with Crippen LogP contribution in [0.5, 0.6) is 0 Å². The first-order chi connectivity index (χ1) is 8.20. The van der Waals surface area contributed by atoms with Crippen LogP contribution in [0.1, 0.15) is 16.8 Å². The van der Waals surface area contributed by atoms with Gasteiger partial charge < -0.3 is 5.73 Å². The van der Waals surface area contributed by atoms with Gasteiger partial charge in [-0.15, -0.1) is 0 Å². The third kappa shape index (κ3) is 1.43. The molecule has 0 aliphatic rings. The highest BCUT2D eigenvalue weighted by molar-refractivity contribution is 5.88. The fraction of sp³-hybridized carbons (Fsp3) is 0.214. The number of hydrogen-bond donors (Lipinski definition) is 1. The average Bonchev–Trinajstić information content (AvgIpc) is 2.72. The molecule has 0 saturated heterocycles. The van der Waals surface area contributed by atoms with E-state index in [4.69, 9.17) is 5.73 Å². The number of nitrogens with zero attached hydrogens (tertiary/aromatic N) is 2. The van der Waals surface area contributed by atoms with Gasteiger partial charge in [-0.3, -0.25) is 4.40 Å². The molecule has 0 fully saturated rings. The number of fused-ring (bicyclic) bond motifs is 3. The molecule has 0 unspecified atom stereocenters. The van der Waals surface area contributed by atoms with E-state index >= 15 is 0 Å². The summed E-state index contributed by atoms with van der Waals surface area (Å²) >= 11 is 0. The van der Waals surface area contributed by atoms with E-state index in [1.807, 2.05) is 6.20 Å². The van der Waals surface area contributed by atoms with Crippen LogP contribution in [0.25, 0.3) is 16.6 Å². The minimum Gasteiger partial charge on any atom is -0.325 e. The molecule has 2 heterocycles. The highest BCUT2D eigenvalue weighted by Gasteiger charge is 2.08. The molecule has 0 aliphatic carbocycles. The fourth-order valence-electron chi connectivity index (χ4n) is 2.39. The highest BCUT2D eigenvalue weighted by Crippen LogP contribution is 2.24. The van der Waals surface area contributed by atoms with E-state index in [-0.39, 0.29) is 0 Å². The van der Waals surface area contributed by atoms with Crippen molar-refractivity contribution >= 4 is 16.6 Å². The van der Waals surface area contributed by atoms with Crippen LogP contribution in [-0.4, -0.2) is 9.38 Å². The summed E-state index contributed by atoms with van der Waals surface area (Å²) in [4.78, 5) is 4.52. The Morgan fingerprint density at radius 3 is 2.82 bits per heavy atom. The van der Waals surface area contributed by atoms with E-state index in [1.54, 1.807) is 0 Å². The Hall–Kier alpha value is -1.87. The third-order valence-electron chi connectivity index (χ3n) is 3.24. The number of aryl methyl sites for hydroxylation is 2. The van der Waals surface area contributed by atoms with Gasteiger partial charge in [-0.25, -0.2) is 4.98 Å². The molecule has 0 bridgehead atoms. The van der Waals surface area contributed by atoms with Gasteiger partial charge in [0.25, 0.3) is 0 Å². The molecule has 0 aliphatic heterocycles. The first-order valence-electron chi connectivity index (χ1n) is 5.77. The van der Waals surface area contributed by atoms with Gasteiger partial charge in [-0.1, -0.05) is 18.2 Å². The summed E-state index contributed by atoms with van der Waals surface area (Å²) in [7, 11) is 0. The molecule has 2 aromatic heterocycles. The minimum absolute atomic E-state index is 0.480. The number of hydrogen-bond acceptors (Lipinski definition) is 2. The van der Waals surface area contributed by atoms with Crippen LogP contribution in [0, 0.1) is 13.8 Å². The van der Waals surface area contributed by atoms with Gasteiger partial charge in [0.05, 0.1) is 11.2 Å². The van der Waals surface area contributed by atoms with Crippen LogP contribution >= 0.6 is 0 Å². The summed E-state index contributed by atoms with van der Waals surface area (Å²) in [6.07, 6.45) is 2.03. The monoisotopic (exact) mass is 225 g/mol. The van der Waals surface area contributed by atoms with Crippen LogP contribution in [-0.2, 0) is 6.54 Å². The Morgan fingerprint density at radius 2 is 2.06 bits per heavy atom. The van der Waals surface area contributed by atoms with Crippen molar-refractivity contribution < 1.29 is 0 Å². The van der Waals surface area contributed by atoms with Crippen molar-refractivity contribution in [2.45, 2.75) is 20.4 Å². The fourth-order valence-corrected chi connectivity index (χ4v) is 2.39. The van der Waals surface area contributed by atoms with Crippen LogP contribution in [0.4, 0.5) is 0 Å². The van der Waals surface area contributed by atoms with Gasteiger partial charge >= 0.3 is 0 Å². The van der Waals surface area contributed by atoms with Gasteiger partial charge in [0.15, 0.2) is 0 Å². The largest absolute Gasteiger partial charge is 0.325 e. The quantitative estimate of drug-likeness (QED) is 0.691. The standard InChI is InChI=1S/C14H15N3/c1-9-4-3-5-12-10(2)6-13-16-11(7-15)8-17(13)14(9)12/h3-6,8H,7,15H2,1-2H3. The molecule has 1 aromatic carbocycles. The number of rotatable bonds is 1. The van der Waals surface area contributed by atoms with Crippen molar-refractivity contribution in [2.75, 3.05) is 0 Å². The lowest BCUT2D eigenvalue weighted by Crippen LogP contribution is -1.95. The molecule has 0 saturated carbocycles. The molecule has 17 heavy (non-hydrogen) atoms. The summed E-state index contributed by atoms with van der Waals surface area (Å²) in [5.74, 6) is 0. The molecule has 2 N–H and O–H groups in total. The van der Waals surface area contributed by atoms with Crippen LogP contribution in [0.2, 0.25) is 0 Å². The smallest absolute Gasteiger partial charge is 0.137 e. The SMILES string of the molecule is Cc1cc2nc(CN)cn2c2c(C)cccc12. The molecule has 0 spiro atoms. The minimum atomic E-state index is 0.480. The molecule has 0 amide bonds. The third-order valence-corrected chi connectivity index (χ3v) is 3.24. The van der Waals surface area contributed by atoms with E-state index in [0.717, 1.165) is 11.3 Å². The van der Waals surface area contributed by atoms with E-state index in [2.05, 4.69) is 47.5 Å². The zero-order valence-corrected chi connectivity index (χ0v) is 10.1. The lowest BCUT2D eigenvalue weighted by molar-refractivity contribution is 1.02. The summed E-state index contributed by atoms with van der Waals surface area (Å²) in [5.41, 5.74) is 11.3. The number of para-hydroxylation sites is 1. The summed E-state index contributed by atoms with van der Waals surface area (Å²) in [5, 5.41) is 1.28. The van der Waals surface area contributed by atoms with Crippen LogP contribution in [0.3, 0.4) is 0 Å². The Bertz CT molecular complexity index is 710. The van der Waals surface area contributed by atoms with Gasteiger partial charge in [-0.05, 0) is 31.0 Å². The molecule has 0 atom stereocenters. The Morgan fingerprint density at radius 1 is 1.24 bits per heavy atom. The molecule has 0 radical (unpaired) electrons. The van der Waals surface area contributed by atoms with Gasteiger partial charge in [-0.2, -0.15) is 0 Å². The first-order valence-corrected chi connectivity index (χ1v) is 5.77. The maximum atomic E-state index is 5.66. The molecular formula is C14H15N3. The second kappa shape index (κ2) is 3.57. The van der Waals surface area contributed by atoms with Crippen molar-refractivity contribution in [3.63, 3.8) is 0 Å². The molecule has 86 valence electrons. The molecule has 3 nitrogen and oxygen atoms in total. The normalized spacial score (nSPS) is 11.5. The number of benzene rings is 1. The van der Waals surface area contributed by atoms with Crippen molar-refractivity contribution in [2.24, 2.45) is 5.73 Å². The Labute approximate surface area is 99.9 Å². The summed E-state index contributed by atoms with van der Waals surface area (Å²) < 4.78 is 2.14. The predicted octanol–water partition coefficient (Wildman–Crippen LogP) is 2.56. The predicted molar refractivity (Wildman–Crippen MR) is 70.1 cm³/mol. The van der Waals surface area contributed by atoms with Gasteiger partial charge in [0.1, 0.15) is 5.65 Å². The van der Waals surface area contributed by atoms with Crippen molar-refractivity contribution in [1.82, 2.24) is 9.38 Å². The lowest BCUT2D eigenvalue weighted by atomic mass is 10.1. The average molecular weight is 225 g/mol. The zero-order chi connectivity index (χ0) is 12.0. The number of aromatic nitrogens is 2. The van der Waals surface area contributed by atoms with Gasteiger partial charge in [0.2, 0.25) is 0 Å². The maximum absolute atomic E-state index is 5.66. The molecule has 3 heteroatoms. The highest BCUT2D eigenvalue weighted by atomic mass is 15.0. The Balaban J connectivity index is 2.56. The summed E-state index contributed by atoms with van der Waals surface area (Å²) in [6, 6.07) is 8.49. The second-order valence-electron chi connectivity index (χ2n) is 4.46. The van der Waals surface area contributed by atoms with Crippen LogP contribution < -0.4 is 5.73 Å². The van der Waals surface area contributed by atoms with E-state index in [0.29, 0.717) is 6.54 Å². The first kappa shape index (κ1) is 10.3. The molecule has 3 rings (SSSR count). The van der Waals surface area contributed by atoms with Crippen molar-refractivity contribution in [3.8, 4) is 0 Å². The molecule has 3 aromatic rings. The van der Waals surface area contributed by atoms with Gasteiger partial charge in [0, 0.05) is 18.1 Å². The lowest BCUT2D eigenvalue weighted by Gasteiger charge is -2.08. The number of nitrogens with two attached hydrogens (primary N) is 1. The van der Waals surface area contributed by atoms with E-state index < -0.39 is 0 Å².